The molecule has 1 heterocycles. The number of carbonyl (C=O) groups excluding carboxylic acids is 1. The van der Waals surface area contributed by atoms with E-state index < -0.39 is 18.1 Å². The minimum Gasteiger partial charge on any atom is -0.480 e. The zero-order valence-electron chi connectivity index (χ0n) is 11.9. The van der Waals surface area contributed by atoms with Crippen molar-refractivity contribution in [3.63, 3.8) is 0 Å². The topological polar surface area (TPSA) is 89.9 Å². The second-order valence-electron chi connectivity index (χ2n) is 6.22. The van der Waals surface area contributed by atoms with Crippen molar-refractivity contribution in [2.75, 3.05) is 13.1 Å². The van der Waals surface area contributed by atoms with Crippen molar-refractivity contribution < 1.29 is 19.8 Å². The number of urea groups is 1. The molecule has 1 aliphatic heterocycles. The number of carboxylic acid groups (broad SMARTS) is 1. The molecule has 6 nitrogen and oxygen atoms in total. The van der Waals surface area contributed by atoms with Gasteiger partial charge in [-0.1, -0.05) is 19.8 Å². The molecule has 2 fully saturated rings. The van der Waals surface area contributed by atoms with Crippen LogP contribution >= 0.6 is 0 Å². The Labute approximate surface area is 119 Å². The monoisotopic (exact) mass is 284 g/mol. The fraction of sp³-hybridized carbons (Fsp3) is 0.857. The molecule has 2 aliphatic rings. The van der Waals surface area contributed by atoms with Gasteiger partial charge in [0.15, 0.2) is 0 Å². The van der Waals surface area contributed by atoms with Gasteiger partial charge in [-0.25, -0.2) is 9.59 Å². The predicted octanol–water partition coefficient (Wildman–Crippen LogP) is 1.04. The number of aliphatic hydroxyl groups is 1. The Morgan fingerprint density at radius 3 is 2.70 bits per heavy atom. The van der Waals surface area contributed by atoms with E-state index in [1.54, 1.807) is 0 Å². The molecule has 2 amide bonds. The lowest BCUT2D eigenvalue weighted by Gasteiger charge is -2.28. The third-order valence-electron chi connectivity index (χ3n) is 4.41. The van der Waals surface area contributed by atoms with Crippen LogP contribution in [-0.4, -0.2) is 52.3 Å². The number of aliphatic carboxylic acids is 1. The molecule has 0 aromatic carbocycles. The average Bonchev–Trinajstić information content (AvgIpc) is 2.78. The van der Waals surface area contributed by atoms with Gasteiger partial charge in [-0.05, 0) is 24.7 Å². The Kier molecular flexibility index (Phi) is 4.86. The van der Waals surface area contributed by atoms with Gasteiger partial charge in [-0.15, -0.1) is 0 Å². The number of amides is 2. The SMILES string of the molecule is CC1CCCC(CNC(=O)N2C[C@H](O)C[C@H]2C(=O)O)C1. The van der Waals surface area contributed by atoms with E-state index in [1.807, 2.05) is 0 Å². The Balaban J connectivity index is 1.83. The van der Waals surface area contributed by atoms with Gasteiger partial charge in [0.05, 0.1) is 6.10 Å². The zero-order valence-corrected chi connectivity index (χ0v) is 11.9. The molecule has 6 heteroatoms. The molecule has 2 unspecified atom stereocenters. The van der Waals surface area contributed by atoms with Crippen molar-refractivity contribution in [2.24, 2.45) is 11.8 Å². The van der Waals surface area contributed by atoms with Gasteiger partial charge >= 0.3 is 12.0 Å². The molecule has 20 heavy (non-hydrogen) atoms. The van der Waals surface area contributed by atoms with Gasteiger partial charge in [-0.3, -0.25) is 0 Å². The Morgan fingerprint density at radius 1 is 1.30 bits per heavy atom. The van der Waals surface area contributed by atoms with E-state index in [0.717, 1.165) is 12.8 Å². The quantitative estimate of drug-likeness (QED) is 0.722. The van der Waals surface area contributed by atoms with Crippen LogP contribution in [0.5, 0.6) is 0 Å². The molecule has 0 bridgehead atoms. The summed E-state index contributed by atoms with van der Waals surface area (Å²) in [4.78, 5) is 24.4. The highest BCUT2D eigenvalue weighted by Gasteiger charge is 2.39. The summed E-state index contributed by atoms with van der Waals surface area (Å²) in [6.45, 7) is 2.93. The van der Waals surface area contributed by atoms with Crippen molar-refractivity contribution in [1.82, 2.24) is 10.2 Å². The summed E-state index contributed by atoms with van der Waals surface area (Å²) in [5, 5.41) is 21.4. The number of carbonyl (C=O) groups is 2. The van der Waals surface area contributed by atoms with E-state index in [1.165, 1.54) is 17.7 Å². The van der Waals surface area contributed by atoms with Crippen LogP contribution in [0, 0.1) is 11.8 Å². The number of hydrogen-bond donors (Lipinski definition) is 3. The van der Waals surface area contributed by atoms with E-state index in [2.05, 4.69) is 12.2 Å². The fourth-order valence-corrected chi connectivity index (χ4v) is 3.35. The molecule has 1 saturated heterocycles. The normalized spacial score (nSPS) is 34.0. The Bertz CT molecular complexity index is 374. The molecule has 2 rings (SSSR count). The van der Waals surface area contributed by atoms with Crippen molar-refractivity contribution in [1.29, 1.82) is 0 Å². The first kappa shape index (κ1) is 15.1. The van der Waals surface area contributed by atoms with E-state index in [0.29, 0.717) is 18.4 Å². The molecular formula is C14H24N2O4. The van der Waals surface area contributed by atoms with Crippen LogP contribution < -0.4 is 5.32 Å². The summed E-state index contributed by atoms with van der Waals surface area (Å²) in [6.07, 6.45) is 4.06. The van der Waals surface area contributed by atoms with E-state index in [-0.39, 0.29) is 19.0 Å². The van der Waals surface area contributed by atoms with Gasteiger partial charge < -0.3 is 20.4 Å². The smallest absolute Gasteiger partial charge is 0.326 e. The third-order valence-corrected chi connectivity index (χ3v) is 4.41. The number of carboxylic acids is 1. The largest absolute Gasteiger partial charge is 0.480 e. The van der Waals surface area contributed by atoms with Crippen molar-refractivity contribution in [3.05, 3.63) is 0 Å². The average molecular weight is 284 g/mol. The van der Waals surface area contributed by atoms with Crippen LogP contribution in [-0.2, 0) is 4.79 Å². The maximum Gasteiger partial charge on any atom is 0.326 e. The molecule has 4 atom stereocenters. The summed E-state index contributed by atoms with van der Waals surface area (Å²) in [7, 11) is 0. The molecular weight excluding hydrogens is 260 g/mol. The molecule has 114 valence electrons. The highest BCUT2D eigenvalue weighted by Crippen LogP contribution is 2.28. The van der Waals surface area contributed by atoms with E-state index in [4.69, 9.17) is 5.11 Å². The van der Waals surface area contributed by atoms with Crippen LogP contribution in [0.3, 0.4) is 0 Å². The first-order chi connectivity index (χ1) is 9.47. The number of likely N-dealkylation sites (tertiary alicyclic amines) is 1. The fourth-order valence-electron chi connectivity index (χ4n) is 3.35. The first-order valence-electron chi connectivity index (χ1n) is 7.42. The lowest BCUT2D eigenvalue weighted by atomic mass is 9.82. The zero-order chi connectivity index (χ0) is 14.7. The van der Waals surface area contributed by atoms with Gasteiger partial charge in [0.25, 0.3) is 0 Å². The summed E-state index contributed by atoms with van der Waals surface area (Å²) < 4.78 is 0. The lowest BCUT2D eigenvalue weighted by molar-refractivity contribution is -0.141. The lowest BCUT2D eigenvalue weighted by Crippen LogP contribution is -2.47. The van der Waals surface area contributed by atoms with E-state index in [9.17, 15) is 14.7 Å². The minimum atomic E-state index is -1.05. The van der Waals surface area contributed by atoms with Gasteiger partial charge in [-0.2, -0.15) is 0 Å². The molecule has 0 spiro atoms. The minimum absolute atomic E-state index is 0.101. The van der Waals surface area contributed by atoms with Crippen molar-refractivity contribution in [3.8, 4) is 0 Å². The van der Waals surface area contributed by atoms with E-state index >= 15 is 0 Å². The van der Waals surface area contributed by atoms with Gasteiger partial charge in [0.1, 0.15) is 6.04 Å². The van der Waals surface area contributed by atoms with Crippen LogP contribution in [0.4, 0.5) is 4.79 Å². The molecule has 0 radical (unpaired) electrons. The van der Waals surface area contributed by atoms with Crippen LogP contribution in [0.15, 0.2) is 0 Å². The number of nitrogens with one attached hydrogen (secondary N) is 1. The maximum atomic E-state index is 12.1. The number of β-amino-alcohol motifs (C(OH)–C–C–N with tert-alkyl or cyclic N) is 1. The van der Waals surface area contributed by atoms with Crippen LogP contribution in [0.2, 0.25) is 0 Å². The first-order valence-corrected chi connectivity index (χ1v) is 7.42. The Hall–Kier alpha value is -1.30. The van der Waals surface area contributed by atoms with Crippen LogP contribution in [0.1, 0.15) is 39.0 Å². The molecule has 3 N–H and O–H groups in total. The number of aliphatic hydroxyl groups excluding tert-OH is 1. The summed E-state index contributed by atoms with van der Waals surface area (Å²) in [6, 6.07) is -1.28. The Morgan fingerprint density at radius 2 is 2.05 bits per heavy atom. The second-order valence-corrected chi connectivity index (χ2v) is 6.22. The number of nitrogens with zero attached hydrogens (tertiary/aromatic N) is 1. The standard InChI is InChI=1S/C14H24N2O4/c1-9-3-2-4-10(5-9)7-15-14(20)16-8-11(17)6-12(16)13(18)19/h9-12,17H,2-8H2,1H3,(H,15,20)(H,18,19)/t9?,10?,11-,12+/m1/s1. The number of rotatable bonds is 3. The third kappa shape index (κ3) is 3.62. The molecule has 1 aliphatic carbocycles. The molecule has 1 saturated carbocycles. The van der Waals surface area contributed by atoms with Crippen molar-refractivity contribution >= 4 is 12.0 Å². The second kappa shape index (κ2) is 6.43. The summed E-state index contributed by atoms with van der Waals surface area (Å²) in [5.41, 5.74) is 0. The van der Waals surface area contributed by atoms with Gasteiger partial charge in [0.2, 0.25) is 0 Å². The van der Waals surface area contributed by atoms with Crippen molar-refractivity contribution in [2.45, 2.75) is 51.2 Å². The van der Waals surface area contributed by atoms with Gasteiger partial charge in [0, 0.05) is 19.5 Å². The number of hydrogen-bond acceptors (Lipinski definition) is 3. The highest BCUT2D eigenvalue weighted by atomic mass is 16.4. The maximum absolute atomic E-state index is 12.1. The summed E-state index contributed by atoms with van der Waals surface area (Å²) in [5.74, 6) is 0.132. The molecule has 0 aromatic rings. The molecule has 0 aromatic heterocycles. The summed E-state index contributed by atoms with van der Waals surface area (Å²) >= 11 is 0. The predicted molar refractivity (Wildman–Crippen MR) is 73.3 cm³/mol. The highest BCUT2D eigenvalue weighted by molar-refractivity contribution is 5.83. The van der Waals surface area contributed by atoms with Crippen LogP contribution in [0.25, 0.3) is 0 Å².